The second kappa shape index (κ2) is 8.01. The van der Waals surface area contributed by atoms with Gasteiger partial charge in [-0.3, -0.25) is 4.79 Å². The van der Waals surface area contributed by atoms with Crippen molar-refractivity contribution in [3.05, 3.63) is 59.4 Å². The molecule has 1 unspecified atom stereocenters. The van der Waals surface area contributed by atoms with Crippen molar-refractivity contribution in [1.82, 2.24) is 9.62 Å². The number of amides is 1. The molecule has 0 spiro atoms. The summed E-state index contributed by atoms with van der Waals surface area (Å²) in [7, 11) is 0. The minimum absolute atomic E-state index is 0.00456. The van der Waals surface area contributed by atoms with E-state index >= 15 is 0 Å². The largest absolute Gasteiger partial charge is 0.598 e. The van der Waals surface area contributed by atoms with Crippen molar-refractivity contribution in [3.8, 4) is 11.1 Å². The molecule has 2 aromatic carbocycles. The molecule has 29 heavy (non-hydrogen) atoms. The fourth-order valence-electron chi connectivity index (χ4n) is 4.00. The molecule has 0 aromatic heterocycles. The molecule has 2 aromatic rings. The standard InChI is InChI=1S/C21H21F3N2O2S/c1-29(28)25-11-12-8-9-26(12)21(27)16-10-15(16)13-4-2-3-5-14(13)19-17(22)6-7-18(23)20(19)24/h2-7,12,15-16,25H,8-11H2,1H3/t12-,15-,16+,29?/m0/s1. The number of likely N-dealkylation sites (tertiary alicyclic amines) is 1. The molecule has 0 bridgehead atoms. The summed E-state index contributed by atoms with van der Waals surface area (Å²) < 4.78 is 56.4. The predicted molar refractivity (Wildman–Crippen MR) is 105 cm³/mol. The van der Waals surface area contributed by atoms with Crippen molar-refractivity contribution >= 4 is 17.3 Å². The van der Waals surface area contributed by atoms with E-state index < -0.39 is 34.4 Å². The molecule has 4 rings (SSSR count). The first-order valence-corrected chi connectivity index (χ1v) is 11.0. The fraction of sp³-hybridized carbons (Fsp3) is 0.381. The molecule has 2 fully saturated rings. The van der Waals surface area contributed by atoms with Gasteiger partial charge in [-0.1, -0.05) is 24.3 Å². The molecule has 154 valence electrons. The van der Waals surface area contributed by atoms with E-state index in [1.807, 2.05) is 0 Å². The highest BCUT2D eigenvalue weighted by Gasteiger charge is 2.49. The summed E-state index contributed by atoms with van der Waals surface area (Å²) in [6, 6.07) is 8.39. The van der Waals surface area contributed by atoms with Crippen LogP contribution in [0.2, 0.25) is 0 Å². The Labute approximate surface area is 170 Å². The maximum atomic E-state index is 14.3. The van der Waals surface area contributed by atoms with Gasteiger partial charge >= 0.3 is 0 Å². The summed E-state index contributed by atoms with van der Waals surface area (Å²) in [5.74, 6) is -3.57. The lowest BCUT2D eigenvalue weighted by molar-refractivity contribution is -0.140. The van der Waals surface area contributed by atoms with Gasteiger partial charge in [0.1, 0.15) is 12.1 Å². The van der Waals surface area contributed by atoms with Crippen molar-refractivity contribution in [1.29, 1.82) is 0 Å². The van der Waals surface area contributed by atoms with Crippen molar-refractivity contribution < 1.29 is 22.5 Å². The van der Waals surface area contributed by atoms with E-state index in [1.165, 1.54) is 0 Å². The van der Waals surface area contributed by atoms with Crippen molar-refractivity contribution in [2.75, 3.05) is 19.3 Å². The summed E-state index contributed by atoms with van der Waals surface area (Å²) in [6.07, 6.45) is 2.98. The first kappa shape index (κ1) is 20.3. The molecule has 4 nitrogen and oxygen atoms in total. The van der Waals surface area contributed by atoms with Gasteiger partial charge in [-0.25, -0.2) is 13.2 Å². The third kappa shape index (κ3) is 3.89. The van der Waals surface area contributed by atoms with Gasteiger partial charge in [-0.2, -0.15) is 0 Å². The maximum absolute atomic E-state index is 14.3. The highest BCUT2D eigenvalue weighted by molar-refractivity contribution is 7.88. The highest BCUT2D eigenvalue weighted by atomic mass is 32.2. The average molecular weight is 422 g/mol. The van der Waals surface area contributed by atoms with Gasteiger partial charge in [0.15, 0.2) is 11.6 Å². The third-order valence-electron chi connectivity index (χ3n) is 5.73. The minimum Gasteiger partial charge on any atom is -0.598 e. The van der Waals surface area contributed by atoms with Crippen molar-refractivity contribution in [2.45, 2.75) is 24.8 Å². The predicted octanol–water partition coefficient (Wildman–Crippen LogP) is 3.36. The Hall–Kier alpha value is -2.03. The molecule has 0 radical (unpaired) electrons. The number of carbonyl (C=O) groups is 1. The number of nitrogens with one attached hydrogen (secondary N) is 1. The second-order valence-corrected chi connectivity index (χ2v) is 8.73. The Bertz CT molecular complexity index is 940. The lowest BCUT2D eigenvalue weighted by atomic mass is 9.94. The molecule has 1 amide bonds. The van der Waals surface area contributed by atoms with E-state index in [0.29, 0.717) is 25.1 Å². The zero-order valence-electron chi connectivity index (χ0n) is 15.8. The summed E-state index contributed by atoms with van der Waals surface area (Å²) in [5, 5.41) is 0. The van der Waals surface area contributed by atoms with Crippen LogP contribution in [0.25, 0.3) is 11.1 Å². The van der Waals surface area contributed by atoms with Crippen LogP contribution in [0.15, 0.2) is 36.4 Å². The Morgan fingerprint density at radius 3 is 2.62 bits per heavy atom. The van der Waals surface area contributed by atoms with E-state index in [2.05, 4.69) is 4.72 Å². The second-order valence-electron chi connectivity index (χ2n) is 7.53. The molecule has 8 heteroatoms. The Balaban J connectivity index is 1.54. The molecule has 1 aliphatic carbocycles. The average Bonchev–Trinajstić information content (AvgIpc) is 3.45. The van der Waals surface area contributed by atoms with Crippen molar-refractivity contribution in [2.24, 2.45) is 5.92 Å². The third-order valence-corrected chi connectivity index (χ3v) is 6.30. The number of halogens is 3. The number of hydrogen-bond acceptors (Lipinski definition) is 3. The van der Waals surface area contributed by atoms with Crippen LogP contribution in [-0.4, -0.2) is 40.7 Å². The first-order valence-electron chi connectivity index (χ1n) is 9.48. The topological polar surface area (TPSA) is 55.4 Å². The fourth-order valence-corrected chi connectivity index (χ4v) is 4.43. The number of benzene rings is 2. The number of carbonyl (C=O) groups excluding carboxylic acids is 1. The summed E-state index contributed by atoms with van der Waals surface area (Å²) in [6.45, 7) is 1.13. The van der Waals surface area contributed by atoms with Crippen LogP contribution in [0.4, 0.5) is 13.2 Å². The van der Waals surface area contributed by atoms with Crippen LogP contribution in [0.5, 0.6) is 0 Å². The molecular formula is C21H21F3N2O2S. The van der Waals surface area contributed by atoms with Gasteiger partial charge in [-0.05, 0) is 42.0 Å². The van der Waals surface area contributed by atoms with Crippen LogP contribution in [0, 0.1) is 23.4 Å². The van der Waals surface area contributed by atoms with E-state index in [1.54, 1.807) is 35.4 Å². The first-order chi connectivity index (χ1) is 13.9. The summed E-state index contributed by atoms with van der Waals surface area (Å²) >= 11 is -1.13. The summed E-state index contributed by atoms with van der Waals surface area (Å²) in [4.78, 5) is 14.7. The van der Waals surface area contributed by atoms with Gasteiger partial charge in [0.05, 0.1) is 18.2 Å². The van der Waals surface area contributed by atoms with Gasteiger partial charge < -0.3 is 9.45 Å². The molecule has 2 aliphatic rings. The lowest BCUT2D eigenvalue weighted by Gasteiger charge is -2.41. The highest BCUT2D eigenvalue weighted by Crippen LogP contribution is 2.52. The molecule has 1 aliphatic heterocycles. The van der Waals surface area contributed by atoms with Crippen LogP contribution in [-0.2, 0) is 16.2 Å². The number of hydrogen-bond donors (Lipinski definition) is 1. The maximum Gasteiger partial charge on any atom is 0.226 e. The van der Waals surface area contributed by atoms with E-state index in [0.717, 1.165) is 18.6 Å². The zero-order valence-corrected chi connectivity index (χ0v) is 16.6. The zero-order chi connectivity index (χ0) is 20.7. The molecule has 1 saturated heterocycles. The SMILES string of the molecule is C[S+]([O-])NC[C@@H]1CCN1C(=O)[C@@H]1C[C@H]1c1ccccc1-c1c(F)ccc(F)c1F. The van der Waals surface area contributed by atoms with E-state index in [-0.39, 0.29) is 29.3 Å². The Morgan fingerprint density at radius 2 is 1.93 bits per heavy atom. The molecule has 1 N–H and O–H groups in total. The van der Waals surface area contributed by atoms with Crippen molar-refractivity contribution in [3.63, 3.8) is 0 Å². The molecule has 1 heterocycles. The van der Waals surface area contributed by atoms with E-state index in [4.69, 9.17) is 0 Å². The molecule has 4 atom stereocenters. The quantitative estimate of drug-likeness (QED) is 0.574. The van der Waals surface area contributed by atoms with Gasteiger partial charge in [0, 0.05) is 23.8 Å². The Morgan fingerprint density at radius 1 is 1.21 bits per heavy atom. The number of rotatable bonds is 6. The van der Waals surface area contributed by atoms with Crippen LogP contribution >= 0.6 is 0 Å². The van der Waals surface area contributed by atoms with Crippen LogP contribution < -0.4 is 4.72 Å². The van der Waals surface area contributed by atoms with Crippen LogP contribution in [0.3, 0.4) is 0 Å². The summed E-state index contributed by atoms with van der Waals surface area (Å²) in [5.41, 5.74) is 0.541. The van der Waals surface area contributed by atoms with Gasteiger partial charge in [-0.15, -0.1) is 4.72 Å². The molecular weight excluding hydrogens is 401 g/mol. The molecule has 1 saturated carbocycles. The normalized spacial score (nSPS) is 24.2. The monoisotopic (exact) mass is 422 g/mol. The van der Waals surface area contributed by atoms with Gasteiger partial charge in [0.2, 0.25) is 5.91 Å². The smallest absolute Gasteiger partial charge is 0.226 e. The Kier molecular flexibility index (Phi) is 5.59. The van der Waals surface area contributed by atoms with E-state index in [9.17, 15) is 22.5 Å². The van der Waals surface area contributed by atoms with Gasteiger partial charge in [0.25, 0.3) is 0 Å². The minimum atomic E-state index is -1.22. The number of nitrogens with zero attached hydrogens (tertiary/aromatic N) is 1. The lowest BCUT2D eigenvalue weighted by Crippen LogP contribution is -2.56. The van der Waals surface area contributed by atoms with Crippen LogP contribution in [0.1, 0.15) is 24.3 Å².